The van der Waals surface area contributed by atoms with Crippen LogP contribution < -0.4 is 4.74 Å². The van der Waals surface area contributed by atoms with E-state index >= 15 is 0 Å². The smallest absolute Gasteiger partial charge is 0.334 e. The van der Waals surface area contributed by atoms with Gasteiger partial charge >= 0.3 is 5.97 Å². The van der Waals surface area contributed by atoms with E-state index in [1.807, 2.05) is 32.0 Å². The molecule has 21 heavy (non-hydrogen) atoms. The standard InChI is InChI=1S/C15H19NO5/c1-10-3-4-12(7-11(10)2)21-9-14(17)16-5-6-20-13(8-16)15(18)19/h3-4,7,13H,5-6,8-9H2,1-2H3,(H,18,19). The molecule has 1 saturated heterocycles. The summed E-state index contributed by atoms with van der Waals surface area (Å²) in [5.74, 6) is -0.653. The minimum absolute atomic E-state index is 0.0600. The van der Waals surface area contributed by atoms with E-state index in [4.69, 9.17) is 14.6 Å². The number of nitrogens with zero attached hydrogens (tertiary/aromatic N) is 1. The van der Waals surface area contributed by atoms with Crippen molar-refractivity contribution in [3.63, 3.8) is 0 Å². The zero-order valence-corrected chi connectivity index (χ0v) is 12.2. The Bertz CT molecular complexity index is 543. The van der Waals surface area contributed by atoms with Crippen LogP contribution in [-0.4, -0.2) is 54.3 Å². The highest BCUT2D eigenvalue weighted by molar-refractivity contribution is 5.79. The number of aryl methyl sites for hydroxylation is 2. The zero-order valence-electron chi connectivity index (χ0n) is 12.2. The summed E-state index contributed by atoms with van der Waals surface area (Å²) in [6, 6.07) is 5.63. The highest BCUT2D eigenvalue weighted by atomic mass is 16.5. The topological polar surface area (TPSA) is 76.1 Å². The summed E-state index contributed by atoms with van der Waals surface area (Å²) in [6.45, 7) is 4.55. The molecule has 0 saturated carbocycles. The largest absolute Gasteiger partial charge is 0.484 e. The number of amides is 1. The summed E-state index contributed by atoms with van der Waals surface area (Å²) >= 11 is 0. The Hall–Kier alpha value is -2.08. The summed E-state index contributed by atoms with van der Waals surface area (Å²) in [6.07, 6.45) is -0.954. The molecule has 0 aromatic heterocycles. The van der Waals surface area contributed by atoms with E-state index in [-0.39, 0.29) is 25.7 Å². The van der Waals surface area contributed by atoms with Crippen molar-refractivity contribution >= 4 is 11.9 Å². The average Bonchev–Trinajstić information content (AvgIpc) is 2.48. The molecular weight excluding hydrogens is 274 g/mol. The van der Waals surface area contributed by atoms with Crippen molar-refractivity contribution in [3.05, 3.63) is 29.3 Å². The van der Waals surface area contributed by atoms with Gasteiger partial charge in [0.25, 0.3) is 5.91 Å². The lowest BCUT2D eigenvalue weighted by atomic mass is 10.1. The first-order valence-electron chi connectivity index (χ1n) is 6.79. The van der Waals surface area contributed by atoms with E-state index < -0.39 is 12.1 Å². The minimum atomic E-state index is -1.05. The van der Waals surface area contributed by atoms with Crippen LogP contribution in [0.15, 0.2) is 18.2 Å². The number of carbonyl (C=O) groups excluding carboxylic acids is 1. The van der Waals surface area contributed by atoms with Gasteiger partial charge in [-0.05, 0) is 37.1 Å². The van der Waals surface area contributed by atoms with E-state index in [2.05, 4.69) is 0 Å². The number of carbonyl (C=O) groups is 2. The van der Waals surface area contributed by atoms with Gasteiger partial charge in [0.2, 0.25) is 0 Å². The molecule has 0 radical (unpaired) electrons. The number of aliphatic carboxylic acids is 1. The number of hydrogen-bond acceptors (Lipinski definition) is 4. The number of carboxylic acids is 1. The Morgan fingerprint density at radius 1 is 1.38 bits per heavy atom. The lowest BCUT2D eigenvalue weighted by molar-refractivity contribution is -0.159. The maximum atomic E-state index is 12.0. The molecule has 2 rings (SSSR count). The molecule has 6 heteroatoms. The maximum Gasteiger partial charge on any atom is 0.334 e. The molecular formula is C15H19NO5. The van der Waals surface area contributed by atoms with Crippen molar-refractivity contribution in [2.45, 2.75) is 20.0 Å². The molecule has 114 valence electrons. The van der Waals surface area contributed by atoms with Crippen LogP contribution in [0.25, 0.3) is 0 Å². The van der Waals surface area contributed by atoms with Crippen LogP contribution in [0.2, 0.25) is 0 Å². The Morgan fingerprint density at radius 3 is 2.81 bits per heavy atom. The van der Waals surface area contributed by atoms with E-state index in [0.29, 0.717) is 12.3 Å². The highest BCUT2D eigenvalue weighted by Crippen LogP contribution is 2.16. The van der Waals surface area contributed by atoms with Crippen LogP contribution in [-0.2, 0) is 14.3 Å². The van der Waals surface area contributed by atoms with Crippen LogP contribution >= 0.6 is 0 Å². The van der Waals surface area contributed by atoms with Crippen molar-refractivity contribution in [2.75, 3.05) is 26.3 Å². The molecule has 1 fully saturated rings. The second-order valence-corrected chi connectivity index (χ2v) is 5.07. The fraction of sp³-hybridized carbons (Fsp3) is 0.467. The van der Waals surface area contributed by atoms with Crippen molar-refractivity contribution in [3.8, 4) is 5.75 Å². The summed E-state index contributed by atoms with van der Waals surface area (Å²) in [5, 5.41) is 8.91. The van der Waals surface area contributed by atoms with E-state index in [9.17, 15) is 9.59 Å². The normalized spacial score (nSPS) is 18.4. The van der Waals surface area contributed by atoms with Gasteiger partial charge in [-0.2, -0.15) is 0 Å². The number of ether oxygens (including phenoxy) is 2. The van der Waals surface area contributed by atoms with Crippen LogP contribution in [0.1, 0.15) is 11.1 Å². The molecule has 0 aliphatic carbocycles. The first-order valence-corrected chi connectivity index (χ1v) is 6.79. The summed E-state index contributed by atoms with van der Waals surface area (Å²) in [7, 11) is 0. The molecule has 1 atom stereocenters. The number of carboxylic acid groups (broad SMARTS) is 1. The predicted octanol–water partition coefficient (Wildman–Crippen LogP) is 0.994. The molecule has 1 aromatic carbocycles. The molecule has 1 unspecified atom stereocenters. The molecule has 1 aliphatic heterocycles. The van der Waals surface area contributed by atoms with Crippen molar-refractivity contribution in [1.82, 2.24) is 4.90 Å². The first kappa shape index (κ1) is 15.3. The molecule has 1 amide bonds. The van der Waals surface area contributed by atoms with Gasteiger partial charge < -0.3 is 19.5 Å². The van der Waals surface area contributed by atoms with Gasteiger partial charge in [0.1, 0.15) is 5.75 Å². The Morgan fingerprint density at radius 2 is 2.14 bits per heavy atom. The number of hydrogen-bond donors (Lipinski definition) is 1. The Balaban J connectivity index is 1.89. The lowest BCUT2D eigenvalue weighted by Crippen LogP contribution is -2.49. The van der Waals surface area contributed by atoms with E-state index in [0.717, 1.165) is 11.1 Å². The zero-order chi connectivity index (χ0) is 15.4. The SMILES string of the molecule is Cc1ccc(OCC(=O)N2CCOC(C(=O)O)C2)cc1C. The van der Waals surface area contributed by atoms with Crippen molar-refractivity contribution < 1.29 is 24.2 Å². The molecule has 1 aliphatic rings. The third-order valence-electron chi connectivity index (χ3n) is 3.54. The van der Waals surface area contributed by atoms with Crippen LogP contribution in [0.5, 0.6) is 5.75 Å². The van der Waals surface area contributed by atoms with Gasteiger partial charge in [-0.3, -0.25) is 4.79 Å². The van der Waals surface area contributed by atoms with Crippen molar-refractivity contribution in [1.29, 1.82) is 0 Å². The lowest BCUT2D eigenvalue weighted by Gasteiger charge is -2.30. The molecule has 6 nitrogen and oxygen atoms in total. The minimum Gasteiger partial charge on any atom is -0.484 e. The van der Waals surface area contributed by atoms with E-state index in [1.165, 1.54) is 4.90 Å². The Labute approximate surface area is 123 Å². The second-order valence-electron chi connectivity index (χ2n) is 5.07. The van der Waals surface area contributed by atoms with Gasteiger partial charge in [0, 0.05) is 6.54 Å². The summed E-state index contributed by atoms with van der Waals surface area (Å²) < 4.78 is 10.6. The van der Waals surface area contributed by atoms with Gasteiger partial charge in [0.05, 0.1) is 13.2 Å². The average molecular weight is 293 g/mol. The third kappa shape index (κ3) is 3.95. The molecule has 1 heterocycles. The number of benzene rings is 1. The fourth-order valence-corrected chi connectivity index (χ4v) is 2.07. The summed E-state index contributed by atoms with van der Waals surface area (Å²) in [4.78, 5) is 24.4. The van der Waals surface area contributed by atoms with E-state index in [1.54, 1.807) is 0 Å². The van der Waals surface area contributed by atoms with Crippen LogP contribution in [0.3, 0.4) is 0 Å². The second kappa shape index (κ2) is 6.58. The molecule has 1 aromatic rings. The Kier molecular flexibility index (Phi) is 4.80. The van der Waals surface area contributed by atoms with Crippen molar-refractivity contribution in [2.24, 2.45) is 0 Å². The maximum absolute atomic E-state index is 12.0. The molecule has 0 bridgehead atoms. The van der Waals surface area contributed by atoms with Gasteiger partial charge in [-0.15, -0.1) is 0 Å². The fourth-order valence-electron chi connectivity index (χ4n) is 2.07. The summed E-state index contributed by atoms with van der Waals surface area (Å²) in [5.41, 5.74) is 2.25. The van der Waals surface area contributed by atoms with Crippen LogP contribution in [0.4, 0.5) is 0 Å². The monoisotopic (exact) mass is 293 g/mol. The van der Waals surface area contributed by atoms with Gasteiger partial charge in [0.15, 0.2) is 12.7 Å². The molecule has 1 N–H and O–H groups in total. The van der Waals surface area contributed by atoms with Gasteiger partial charge in [-0.1, -0.05) is 6.07 Å². The quantitative estimate of drug-likeness (QED) is 0.896. The van der Waals surface area contributed by atoms with Crippen LogP contribution in [0, 0.1) is 13.8 Å². The molecule has 0 spiro atoms. The number of morpholine rings is 1. The predicted molar refractivity (Wildman–Crippen MR) is 75.4 cm³/mol. The van der Waals surface area contributed by atoms with Gasteiger partial charge in [-0.25, -0.2) is 4.79 Å². The number of rotatable bonds is 4. The highest BCUT2D eigenvalue weighted by Gasteiger charge is 2.28. The third-order valence-corrected chi connectivity index (χ3v) is 3.54. The first-order chi connectivity index (χ1) is 9.97.